The number of hydrogen-bond donors (Lipinski definition) is 2. The predicted octanol–water partition coefficient (Wildman–Crippen LogP) is 4.50. The second kappa shape index (κ2) is 11.0. The van der Waals surface area contributed by atoms with Gasteiger partial charge in [-0.3, -0.25) is 4.68 Å². The Morgan fingerprint density at radius 2 is 1.91 bits per heavy atom. The lowest BCUT2D eigenvalue weighted by atomic mass is 9.82. The maximum atomic E-state index is 11.8. The minimum Gasteiger partial charge on any atom is -0.472 e. The van der Waals surface area contributed by atoms with Gasteiger partial charge in [0, 0.05) is 6.20 Å². The van der Waals surface area contributed by atoms with Crippen molar-refractivity contribution >= 4 is 5.97 Å². The van der Waals surface area contributed by atoms with Crippen molar-refractivity contribution in [3.8, 4) is 17.1 Å². The summed E-state index contributed by atoms with van der Waals surface area (Å²) in [4.78, 5) is 11.8. The highest BCUT2D eigenvalue weighted by Gasteiger charge is 2.28. The lowest BCUT2D eigenvalue weighted by Gasteiger charge is -2.29. The molecular weight excluding hydrogens is 446 g/mol. The first-order valence-corrected chi connectivity index (χ1v) is 12.5. The summed E-state index contributed by atoms with van der Waals surface area (Å²) < 4.78 is 12.6. The van der Waals surface area contributed by atoms with E-state index in [1.165, 1.54) is 12.7 Å². The Hall–Kier alpha value is -3.20. The zero-order valence-electron chi connectivity index (χ0n) is 20.7. The van der Waals surface area contributed by atoms with Gasteiger partial charge in [0.1, 0.15) is 6.10 Å². The van der Waals surface area contributed by atoms with Gasteiger partial charge in [-0.1, -0.05) is 54.8 Å². The molecule has 9 heteroatoms. The van der Waals surface area contributed by atoms with Crippen molar-refractivity contribution in [2.24, 2.45) is 0 Å². The van der Waals surface area contributed by atoms with Gasteiger partial charge >= 0.3 is 5.97 Å². The smallest absolute Gasteiger partial charge is 0.361 e. The number of aliphatic hydroxyl groups is 1. The van der Waals surface area contributed by atoms with E-state index in [1.54, 1.807) is 6.20 Å². The second-order valence-electron chi connectivity index (χ2n) is 9.40. The van der Waals surface area contributed by atoms with E-state index in [-0.39, 0.29) is 17.7 Å². The first kappa shape index (κ1) is 24.9. The Labute approximate surface area is 205 Å². The Bertz CT molecular complexity index is 1100. The average molecular weight is 482 g/mol. The van der Waals surface area contributed by atoms with E-state index in [2.05, 4.69) is 51.7 Å². The molecule has 1 unspecified atom stereocenters. The fraction of sp³-hybridized carbons (Fsp3) is 0.538. The quantitative estimate of drug-likeness (QED) is 0.410. The van der Waals surface area contributed by atoms with Gasteiger partial charge in [-0.05, 0) is 61.6 Å². The molecule has 0 spiro atoms. The van der Waals surface area contributed by atoms with Crippen LogP contribution in [0.3, 0.4) is 0 Å². The molecule has 4 rings (SSSR count). The van der Waals surface area contributed by atoms with Gasteiger partial charge in [0.25, 0.3) is 5.88 Å². The van der Waals surface area contributed by atoms with Gasteiger partial charge in [0.2, 0.25) is 5.69 Å². The predicted molar refractivity (Wildman–Crippen MR) is 131 cm³/mol. The highest BCUT2D eigenvalue weighted by atomic mass is 16.5. The summed E-state index contributed by atoms with van der Waals surface area (Å²) in [6.45, 7) is 4.61. The van der Waals surface area contributed by atoms with E-state index >= 15 is 0 Å². The molecule has 0 saturated heterocycles. The number of methoxy groups -OCH3 is 1. The number of rotatable bonds is 10. The Kier molecular flexibility index (Phi) is 7.85. The van der Waals surface area contributed by atoms with Crippen molar-refractivity contribution in [1.82, 2.24) is 25.2 Å². The molecule has 188 valence electrons. The topological polar surface area (TPSA) is 115 Å². The lowest BCUT2D eigenvalue weighted by molar-refractivity contribution is 0.00713. The van der Waals surface area contributed by atoms with Crippen LogP contribution in [0, 0.1) is 0 Å². The molecule has 9 nitrogen and oxygen atoms in total. The molecule has 2 heterocycles. The molecule has 2 N–H and O–H groups in total. The van der Waals surface area contributed by atoms with Crippen molar-refractivity contribution in [2.75, 3.05) is 7.11 Å². The molecule has 1 saturated carbocycles. The first-order valence-electron chi connectivity index (χ1n) is 12.5. The van der Waals surface area contributed by atoms with Crippen LogP contribution in [0.15, 0.2) is 36.5 Å². The monoisotopic (exact) mass is 481 g/mol. The van der Waals surface area contributed by atoms with Crippen LogP contribution in [-0.4, -0.2) is 55.1 Å². The Balaban J connectivity index is 1.37. The molecule has 1 aliphatic carbocycles. The van der Waals surface area contributed by atoms with Gasteiger partial charge in [-0.15, -0.1) is 0 Å². The van der Waals surface area contributed by atoms with Crippen molar-refractivity contribution in [3.05, 3.63) is 47.8 Å². The number of aromatic nitrogens is 5. The number of H-pyrrole nitrogens is 1. The van der Waals surface area contributed by atoms with E-state index < -0.39 is 11.6 Å². The number of aromatic amines is 1. The average Bonchev–Trinajstić information content (AvgIpc) is 3.54. The number of carbonyl (C=O) groups is 1. The first-order chi connectivity index (χ1) is 17.0. The number of carbonyl (C=O) groups excluding carboxylic acids is 1. The zero-order valence-corrected chi connectivity index (χ0v) is 20.7. The summed E-state index contributed by atoms with van der Waals surface area (Å²) in [5, 5.41) is 25.5. The number of nitrogens with one attached hydrogen (secondary N) is 1. The van der Waals surface area contributed by atoms with Crippen LogP contribution < -0.4 is 4.74 Å². The van der Waals surface area contributed by atoms with Gasteiger partial charge in [0.15, 0.2) is 0 Å². The minimum absolute atomic E-state index is 0.00573. The summed E-state index contributed by atoms with van der Waals surface area (Å²) >= 11 is 0. The van der Waals surface area contributed by atoms with Gasteiger partial charge < -0.3 is 14.6 Å². The van der Waals surface area contributed by atoms with E-state index in [9.17, 15) is 9.90 Å². The van der Waals surface area contributed by atoms with Gasteiger partial charge in [-0.2, -0.15) is 5.10 Å². The standard InChI is InChI=1S/C26H35N5O4/c1-4-15-26(33,5-2)17-31-22(14-16-27-31)20-8-6-18(7-9-20)19-10-12-21(13-11-19)35-24-23(25(32)34-3)28-30-29-24/h6-9,14,16,19,21,33H,4-5,10-13,15,17H2,1-3H3,(H,28,29,30)/t19-,21-,26?. The number of esters is 1. The molecule has 0 radical (unpaired) electrons. The summed E-state index contributed by atoms with van der Waals surface area (Å²) in [6, 6.07) is 10.7. The third-order valence-corrected chi connectivity index (χ3v) is 7.07. The number of benzene rings is 1. The van der Waals surface area contributed by atoms with Crippen LogP contribution in [0.25, 0.3) is 11.3 Å². The highest BCUT2D eigenvalue weighted by molar-refractivity contribution is 5.89. The van der Waals surface area contributed by atoms with Crippen LogP contribution >= 0.6 is 0 Å². The van der Waals surface area contributed by atoms with E-state index in [1.807, 2.05) is 17.7 Å². The highest BCUT2D eigenvalue weighted by Crippen LogP contribution is 2.35. The third kappa shape index (κ3) is 5.73. The molecular formula is C26H35N5O4. The van der Waals surface area contributed by atoms with Crippen LogP contribution in [0.4, 0.5) is 0 Å². The molecule has 2 aromatic heterocycles. The fourth-order valence-corrected chi connectivity index (χ4v) is 4.95. The van der Waals surface area contributed by atoms with E-state index in [4.69, 9.17) is 9.47 Å². The maximum absolute atomic E-state index is 11.8. The van der Waals surface area contributed by atoms with Crippen LogP contribution in [-0.2, 0) is 11.3 Å². The SMILES string of the molecule is CCCC(O)(CC)Cn1nccc1-c1ccc([C@H]2CC[C@H](Oc3nn[nH]c3C(=O)OC)CC2)cc1. The molecule has 3 aromatic rings. The van der Waals surface area contributed by atoms with Crippen molar-refractivity contribution < 1.29 is 19.4 Å². The number of hydrogen-bond acceptors (Lipinski definition) is 7. The summed E-state index contributed by atoms with van der Waals surface area (Å²) in [5.74, 6) is 0.126. The lowest BCUT2D eigenvalue weighted by Crippen LogP contribution is -2.34. The molecule has 0 aliphatic heterocycles. The molecule has 1 fully saturated rings. The Morgan fingerprint density at radius 1 is 1.17 bits per heavy atom. The Morgan fingerprint density at radius 3 is 2.57 bits per heavy atom. The van der Waals surface area contributed by atoms with Crippen LogP contribution in [0.2, 0.25) is 0 Å². The van der Waals surface area contributed by atoms with Gasteiger partial charge in [-0.25, -0.2) is 9.89 Å². The largest absolute Gasteiger partial charge is 0.472 e. The summed E-state index contributed by atoms with van der Waals surface area (Å²) in [7, 11) is 1.31. The van der Waals surface area contributed by atoms with Crippen LogP contribution in [0.5, 0.6) is 5.88 Å². The van der Waals surface area contributed by atoms with E-state index in [0.717, 1.165) is 49.8 Å². The normalized spacial score (nSPS) is 19.8. The minimum atomic E-state index is -0.736. The number of nitrogens with zero attached hydrogens (tertiary/aromatic N) is 4. The molecule has 0 amide bonds. The second-order valence-corrected chi connectivity index (χ2v) is 9.40. The van der Waals surface area contributed by atoms with Crippen molar-refractivity contribution in [2.45, 2.75) is 83.0 Å². The fourth-order valence-electron chi connectivity index (χ4n) is 4.95. The third-order valence-electron chi connectivity index (χ3n) is 7.07. The maximum Gasteiger partial charge on any atom is 0.361 e. The zero-order chi connectivity index (χ0) is 24.8. The molecule has 1 atom stereocenters. The molecule has 0 bridgehead atoms. The number of ether oxygens (including phenoxy) is 2. The molecule has 35 heavy (non-hydrogen) atoms. The van der Waals surface area contributed by atoms with Gasteiger partial charge in [0.05, 0.1) is 24.9 Å². The van der Waals surface area contributed by atoms with E-state index in [0.29, 0.717) is 18.9 Å². The summed E-state index contributed by atoms with van der Waals surface area (Å²) in [5.41, 5.74) is 2.84. The van der Waals surface area contributed by atoms with Crippen molar-refractivity contribution in [3.63, 3.8) is 0 Å². The summed E-state index contributed by atoms with van der Waals surface area (Å²) in [6.07, 6.45) is 7.93. The molecule has 1 aliphatic rings. The van der Waals surface area contributed by atoms with Crippen molar-refractivity contribution in [1.29, 1.82) is 0 Å². The van der Waals surface area contributed by atoms with Crippen LogP contribution in [0.1, 0.15) is 80.8 Å². The molecule has 1 aromatic carbocycles.